The van der Waals surface area contributed by atoms with Gasteiger partial charge in [0.05, 0.1) is 33.1 Å². The maximum absolute atomic E-state index is 15.1. The Bertz CT molecular complexity index is 2660. The van der Waals surface area contributed by atoms with Crippen molar-refractivity contribution in [3.63, 3.8) is 0 Å². The number of fused-ring (bicyclic) bond motifs is 5. The van der Waals surface area contributed by atoms with Gasteiger partial charge in [0.25, 0.3) is 11.8 Å². The molecule has 58 heavy (non-hydrogen) atoms. The molecule has 0 radical (unpaired) electrons. The zero-order chi connectivity index (χ0) is 41.3. The van der Waals surface area contributed by atoms with E-state index >= 15 is 4.79 Å². The number of thiophene rings is 1. The summed E-state index contributed by atoms with van der Waals surface area (Å²) >= 11 is 14.1. The molecule has 2 aliphatic heterocycles. The monoisotopic (exact) mass is 848 g/mol. The number of allylic oxidation sites excluding steroid dienone is 2. The van der Waals surface area contributed by atoms with E-state index in [1.165, 1.54) is 40.1 Å². The first-order chi connectivity index (χ1) is 27.4. The Balaban J connectivity index is 1.11. The summed E-state index contributed by atoms with van der Waals surface area (Å²) in [6.45, 7) is 3.71. The van der Waals surface area contributed by atoms with Crippen LogP contribution in [-0.4, -0.2) is 55.6 Å². The number of pyridine rings is 1. The minimum Gasteiger partial charge on any atom is -0.508 e. The minimum absolute atomic E-state index is 0.00993. The number of alkyl halides is 3. The fraction of sp³-hybridized carbons (Fsp3) is 0.317. The maximum atomic E-state index is 15.1. The average Bonchev–Trinajstić information content (AvgIpc) is 3.84. The lowest BCUT2D eigenvalue weighted by molar-refractivity contribution is -0.141. The molecule has 5 aromatic rings. The Morgan fingerprint density at radius 1 is 0.966 bits per heavy atom. The Labute approximate surface area is 343 Å². The highest BCUT2D eigenvalue weighted by molar-refractivity contribution is 7.22. The standard InChI is InChI=1S/C41H33Cl2F3N6O5S/c1-18-24-15-20(42)7-13-29(24)58-34(18)28-17-31(49(3)48-28)51-37(55)26-16-25-22(33(40(26,2)39(51)57)19-5-8-21(53)9-6-19)10-11-23-32(25)38(56)52(36(23)54)50(4)35-27(43)12-14-30(47-35)41(44,45)46/h5-10,12-15,17,23,25-26,32-33,53H,11,16H2,1-4H3. The third kappa shape index (κ3) is 5.45. The molecule has 2 aromatic carbocycles. The van der Waals surface area contributed by atoms with Gasteiger partial charge in [-0.2, -0.15) is 23.3 Å². The van der Waals surface area contributed by atoms with Crippen molar-refractivity contribution in [1.29, 1.82) is 0 Å². The van der Waals surface area contributed by atoms with E-state index in [4.69, 9.17) is 28.3 Å². The summed E-state index contributed by atoms with van der Waals surface area (Å²) in [5.41, 5.74) is 0.220. The number of imide groups is 2. The molecule has 1 N–H and O–H groups in total. The number of anilines is 2. The third-order valence-electron chi connectivity index (χ3n) is 12.4. The molecule has 6 atom stereocenters. The number of rotatable bonds is 5. The molecule has 17 heteroatoms. The molecular formula is C41H33Cl2F3N6O5S. The molecule has 2 aliphatic carbocycles. The van der Waals surface area contributed by atoms with E-state index < -0.39 is 76.3 Å². The SMILES string of the molecule is Cc1c(-c2cc(N3C(=O)C4CC5C(=CCC6C(=O)N(N(C)c7nc(C(F)(F)F)ccc7Cl)C(=O)C65)C(c5ccc(O)cc5)C4(C)C3=O)n(C)n2)sc2ccc(Cl)cc12. The van der Waals surface area contributed by atoms with Crippen molar-refractivity contribution in [3.8, 4) is 16.3 Å². The van der Waals surface area contributed by atoms with Gasteiger partial charge in [-0.3, -0.25) is 28.9 Å². The summed E-state index contributed by atoms with van der Waals surface area (Å²) < 4.78 is 43.5. The Hall–Kier alpha value is -5.25. The number of carbonyl (C=O) groups excluding carboxylic acids is 4. The quantitative estimate of drug-likeness (QED) is 0.138. The molecule has 4 amide bonds. The fourth-order valence-electron chi connectivity index (χ4n) is 9.69. The number of hydrogen-bond acceptors (Lipinski definition) is 9. The lowest BCUT2D eigenvalue weighted by atomic mass is 9.51. The number of phenolic OH excluding ortho intramolecular Hbond substituents is 1. The minimum atomic E-state index is -4.81. The first-order valence-electron chi connectivity index (χ1n) is 18.4. The maximum Gasteiger partial charge on any atom is 0.433 e. The molecular weight excluding hydrogens is 816 g/mol. The number of benzene rings is 2. The number of aromatic hydroxyl groups is 1. The van der Waals surface area contributed by atoms with Crippen molar-refractivity contribution in [3.05, 3.63) is 99.2 Å². The summed E-state index contributed by atoms with van der Waals surface area (Å²) in [7, 11) is 2.91. The van der Waals surface area contributed by atoms with Gasteiger partial charge in [0, 0.05) is 35.8 Å². The molecule has 1 saturated carbocycles. The van der Waals surface area contributed by atoms with Gasteiger partial charge < -0.3 is 5.11 Å². The molecule has 2 saturated heterocycles. The first kappa shape index (κ1) is 38.3. The van der Waals surface area contributed by atoms with E-state index in [9.17, 15) is 32.7 Å². The smallest absolute Gasteiger partial charge is 0.433 e. The molecule has 3 fully saturated rings. The van der Waals surface area contributed by atoms with Crippen LogP contribution < -0.4 is 9.91 Å². The van der Waals surface area contributed by atoms with Crippen LogP contribution in [-0.2, 0) is 32.4 Å². The van der Waals surface area contributed by atoms with Crippen LogP contribution in [0.25, 0.3) is 20.7 Å². The fourth-order valence-corrected chi connectivity index (χ4v) is 11.2. The van der Waals surface area contributed by atoms with E-state index in [1.54, 1.807) is 32.2 Å². The number of hydrazine groups is 1. The van der Waals surface area contributed by atoms with Crippen LogP contribution in [0.3, 0.4) is 0 Å². The van der Waals surface area contributed by atoms with Crippen molar-refractivity contribution >= 4 is 79.9 Å². The normalized spacial score (nSPS) is 25.7. The Morgan fingerprint density at radius 3 is 2.40 bits per heavy atom. The number of amides is 4. The van der Waals surface area contributed by atoms with Crippen LogP contribution in [0.5, 0.6) is 5.75 Å². The van der Waals surface area contributed by atoms with Gasteiger partial charge >= 0.3 is 6.18 Å². The van der Waals surface area contributed by atoms with Crippen molar-refractivity contribution in [1.82, 2.24) is 19.8 Å². The molecule has 3 aromatic heterocycles. The second kappa shape index (κ2) is 13.1. The van der Waals surface area contributed by atoms with Gasteiger partial charge in [-0.1, -0.05) is 47.0 Å². The molecule has 11 nitrogen and oxygen atoms in total. The summed E-state index contributed by atoms with van der Waals surface area (Å²) in [6.07, 6.45) is -2.82. The topological polar surface area (TPSA) is 129 Å². The Kier molecular flexibility index (Phi) is 8.67. The van der Waals surface area contributed by atoms with E-state index in [0.717, 1.165) is 36.6 Å². The van der Waals surface area contributed by atoms with Crippen LogP contribution >= 0.6 is 34.5 Å². The predicted molar refractivity (Wildman–Crippen MR) is 211 cm³/mol. The van der Waals surface area contributed by atoms with Gasteiger partial charge in [-0.05, 0) is 91.6 Å². The second-order valence-corrected chi connectivity index (χ2v) is 17.4. The number of aryl methyl sites for hydroxylation is 2. The molecule has 0 bridgehead atoms. The van der Waals surface area contributed by atoms with Gasteiger partial charge in [0.1, 0.15) is 23.0 Å². The van der Waals surface area contributed by atoms with Gasteiger partial charge in [-0.25, -0.2) is 9.88 Å². The number of phenols is 1. The highest BCUT2D eigenvalue weighted by Crippen LogP contribution is 2.64. The molecule has 4 aliphatic rings. The van der Waals surface area contributed by atoms with Crippen molar-refractivity contribution < 1.29 is 37.5 Å². The van der Waals surface area contributed by atoms with Crippen molar-refractivity contribution in [2.24, 2.45) is 36.1 Å². The summed E-state index contributed by atoms with van der Waals surface area (Å²) in [5, 5.41) is 18.1. The van der Waals surface area contributed by atoms with Crippen molar-refractivity contribution in [2.45, 2.75) is 38.8 Å². The molecule has 6 unspecified atom stereocenters. The molecule has 0 spiro atoms. The number of aromatic nitrogens is 3. The van der Waals surface area contributed by atoms with Gasteiger partial charge in [0.2, 0.25) is 11.8 Å². The molecule has 9 rings (SSSR count). The average molecular weight is 850 g/mol. The number of hydrogen-bond donors (Lipinski definition) is 1. The van der Waals surface area contributed by atoms with E-state index in [2.05, 4.69) is 4.98 Å². The molecule has 298 valence electrons. The predicted octanol–water partition coefficient (Wildman–Crippen LogP) is 8.32. The highest BCUT2D eigenvalue weighted by atomic mass is 35.5. The molecule has 5 heterocycles. The van der Waals surface area contributed by atoms with E-state index in [-0.39, 0.29) is 29.4 Å². The Morgan fingerprint density at radius 2 is 1.69 bits per heavy atom. The van der Waals surface area contributed by atoms with Crippen LogP contribution in [0.4, 0.5) is 24.8 Å². The zero-order valence-corrected chi connectivity index (χ0v) is 33.5. The number of nitrogens with zero attached hydrogens (tertiary/aromatic N) is 6. The lowest BCUT2D eigenvalue weighted by Gasteiger charge is -2.49. The van der Waals surface area contributed by atoms with Crippen LogP contribution in [0.2, 0.25) is 10.0 Å². The van der Waals surface area contributed by atoms with Gasteiger partial charge in [0.15, 0.2) is 5.82 Å². The number of halogens is 5. The van der Waals surface area contributed by atoms with E-state index in [0.29, 0.717) is 27.9 Å². The largest absolute Gasteiger partial charge is 0.508 e. The van der Waals surface area contributed by atoms with Crippen LogP contribution in [0.15, 0.2) is 72.3 Å². The summed E-state index contributed by atoms with van der Waals surface area (Å²) in [4.78, 5) is 64.2. The van der Waals surface area contributed by atoms with Crippen LogP contribution in [0.1, 0.15) is 42.5 Å². The van der Waals surface area contributed by atoms with E-state index in [1.807, 2.05) is 31.2 Å². The van der Waals surface area contributed by atoms with Crippen LogP contribution in [0, 0.1) is 36.0 Å². The van der Waals surface area contributed by atoms with Gasteiger partial charge in [-0.15, -0.1) is 11.3 Å². The highest BCUT2D eigenvalue weighted by Gasteiger charge is 2.68. The zero-order valence-electron chi connectivity index (χ0n) is 31.2. The summed E-state index contributed by atoms with van der Waals surface area (Å²) in [6, 6.07) is 15.4. The first-order valence-corrected chi connectivity index (χ1v) is 19.9. The third-order valence-corrected chi connectivity index (χ3v) is 14.2. The lowest BCUT2D eigenvalue weighted by Crippen LogP contribution is -2.49. The van der Waals surface area contributed by atoms with Crippen molar-refractivity contribution in [2.75, 3.05) is 17.0 Å². The number of carbonyl (C=O) groups is 4. The summed E-state index contributed by atoms with van der Waals surface area (Å²) in [5.74, 6) is -6.78. The second-order valence-electron chi connectivity index (χ2n) is 15.5.